The summed E-state index contributed by atoms with van der Waals surface area (Å²) in [4.78, 5) is 12.5. The Bertz CT molecular complexity index is 939. The second kappa shape index (κ2) is 8.59. The van der Waals surface area contributed by atoms with Crippen molar-refractivity contribution in [1.82, 2.24) is 14.8 Å². The van der Waals surface area contributed by atoms with Crippen molar-refractivity contribution in [1.29, 1.82) is 0 Å². The molecule has 0 aliphatic carbocycles. The van der Waals surface area contributed by atoms with Crippen molar-refractivity contribution in [3.63, 3.8) is 0 Å². The number of carbonyl (C=O) groups is 1. The van der Waals surface area contributed by atoms with E-state index < -0.39 is 0 Å². The predicted molar refractivity (Wildman–Crippen MR) is 111 cm³/mol. The van der Waals surface area contributed by atoms with Gasteiger partial charge in [-0.2, -0.15) is 0 Å². The average Bonchev–Trinajstić information content (AvgIpc) is 3.04. The third-order valence-corrected chi connectivity index (χ3v) is 5.40. The number of carbonyl (C=O) groups excluding carboxylic acids is 1. The molecular weight excluding hydrogens is 380 g/mol. The number of anilines is 1. The Labute approximate surface area is 168 Å². The second-order valence-electron chi connectivity index (χ2n) is 6.18. The largest absolute Gasteiger partial charge is 0.325 e. The molecular formula is C20H21ClN4OS. The van der Waals surface area contributed by atoms with Crippen LogP contribution < -0.4 is 5.32 Å². The molecule has 0 radical (unpaired) electrons. The van der Waals surface area contributed by atoms with Gasteiger partial charge in [-0.3, -0.25) is 4.79 Å². The number of hydrogen-bond acceptors (Lipinski definition) is 4. The smallest absolute Gasteiger partial charge is 0.237 e. The maximum absolute atomic E-state index is 12.5. The zero-order chi connectivity index (χ0) is 19.4. The average molecular weight is 401 g/mol. The molecule has 1 N–H and O–H groups in total. The van der Waals surface area contributed by atoms with Crippen molar-refractivity contribution in [2.24, 2.45) is 0 Å². The van der Waals surface area contributed by atoms with Gasteiger partial charge in [0.05, 0.1) is 5.25 Å². The van der Waals surface area contributed by atoms with Crippen LogP contribution in [0.15, 0.2) is 53.7 Å². The van der Waals surface area contributed by atoms with Crippen molar-refractivity contribution in [3.8, 4) is 11.4 Å². The molecule has 140 valence electrons. The molecule has 0 fully saturated rings. The lowest BCUT2D eigenvalue weighted by Gasteiger charge is -2.13. The van der Waals surface area contributed by atoms with E-state index in [1.165, 1.54) is 11.8 Å². The van der Waals surface area contributed by atoms with E-state index in [9.17, 15) is 4.79 Å². The number of aryl methyl sites for hydroxylation is 1. The molecule has 27 heavy (non-hydrogen) atoms. The first-order valence-corrected chi connectivity index (χ1v) is 9.97. The molecule has 0 saturated heterocycles. The van der Waals surface area contributed by atoms with Crippen LogP contribution in [0.2, 0.25) is 5.02 Å². The Morgan fingerprint density at radius 2 is 1.96 bits per heavy atom. The normalized spacial score (nSPS) is 12.0. The Hall–Kier alpha value is -2.31. The zero-order valence-electron chi connectivity index (χ0n) is 15.4. The van der Waals surface area contributed by atoms with Gasteiger partial charge in [-0.05, 0) is 62.7 Å². The van der Waals surface area contributed by atoms with Gasteiger partial charge in [0.2, 0.25) is 5.91 Å². The van der Waals surface area contributed by atoms with Gasteiger partial charge >= 0.3 is 0 Å². The number of aromatic nitrogens is 3. The fraction of sp³-hybridized carbons (Fsp3) is 0.250. The Kier molecular flexibility index (Phi) is 6.19. The highest BCUT2D eigenvalue weighted by Gasteiger charge is 2.20. The summed E-state index contributed by atoms with van der Waals surface area (Å²) in [5, 5.41) is 12.6. The van der Waals surface area contributed by atoms with E-state index in [1.807, 2.05) is 73.9 Å². The third-order valence-electron chi connectivity index (χ3n) is 4.07. The number of thioether (sulfide) groups is 1. The van der Waals surface area contributed by atoms with Gasteiger partial charge in [0.15, 0.2) is 11.0 Å². The molecule has 0 aliphatic rings. The summed E-state index contributed by atoms with van der Waals surface area (Å²) in [5.74, 6) is 0.701. The van der Waals surface area contributed by atoms with Crippen LogP contribution in [0.25, 0.3) is 11.4 Å². The zero-order valence-corrected chi connectivity index (χ0v) is 17.0. The van der Waals surface area contributed by atoms with Crippen molar-refractivity contribution < 1.29 is 4.79 Å². The lowest BCUT2D eigenvalue weighted by Crippen LogP contribution is -2.23. The molecule has 0 saturated carbocycles. The maximum atomic E-state index is 12.5. The molecule has 1 aromatic heterocycles. The highest BCUT2D eigenvalue weighted by atomic mass is 35.5. The van der Waals surface area contributed by atoms with Crippen molar-refractivity contribution >= 4 is 35.0 Å². The first kappa shape index (κ1) is 19.5. The van der Waals surface area contributed by atoms with Crippen LogP contribution in [0.1, 0.15) is 19.4 Å². The molecule has 1 heterocycles. The van der Waals surface area contributed by atoms with E-state index >= 15 is 0 Å². The molecule has 7 heteroatoms. The number of benzene rings is 2. The number of hydrogen-bond donors (Lipinski definition) is 1. The van der Waals surface area contributed by atoms with Crippen molar-refractivity contribution in [2.75, 3.05) is 5.32 Å². The molecule has 5 nitrogen and oxygen atoms in total. The number of amides is 1. The lowest BCUT2D eigenvalue weighted by molar-refractivity contribution is -0.115. The highest BCUT2D eigenvalue weighted by Crippen LogP contribution is 2.28. The standard InChI is InChI=1S/C20H21ClN4OS/c1-4-25-18(15-8-10-16(21)11-9-15)23-24-20(25)27-14(3)19(26)22-17-7-5-6-13(2)12-17/h5-12,14H,4H2,1-3H3,(H,22,26). The second-order valence-corrected chi connectivity index (χ2v) is 7.92. The summed E-state index contributed by atoms with van der Waals surface area (Å²) < 4.78 is 2.00. The molecule has 0 spiro atoms. The Morgan fingerprint density at radius 1 is 1.22 bits per heavy atom. The summed E-state index contributed by atoms with van der Waals surface area (Å²) in [6, 6.07) is 15.2. The topological polar surface area (TPSA) is 59.8 Å². The fourth-order valence-electron chi connectivity index (χ4n) is 2.65. The molecule has 1 unspecified atom stereocenters. The molecule has 2 aromatic carbocycles. The summed E-state index contributed by atoms with van der Waals surface area (Å²) in [7, 11) is 0. The van der Waals surface area contributed by atoms with E-state index in [0.717, 1.165) is 22.6 Å². The van der Waals surface area contributed by atoms with Crippen LogP contribution in [0.3, 0.4) is 0 Å². The molecule has 1 atom stereocenters. The summed E-state index contributed by atoms with van der Waals surface area (Å²) >= 11 is 7.36. The maximum Gasteiger partial charge on any atom is 0.237 e. The van der Waals surface area contributed by atoms with E-state index in [2.05, 4.69) is 15.5 Å². The SMILES string of the molecule is CCn1c(SC(C)C(=O)Nc2cccc(C)c2)nnc1-c1ccc(Cl)cc1. The first-order valence-electron chi connectivity index (χ1n) is 8.71. The fourth-order valence-corrected chi connectivity index (χ4v) is 3.69. The highest BCUT2D eigenvalue weighted by molar-refractivity contribution is 8.00. The molecule has 0 aliphatic heterocycles. The summed E-state index contributed by atoms with van der Waals surface area (Å²) in [5.41, 5.74) is 2.84. The molecule has 3 aromatic rings. The van der Waals surface area contributed by atoms with E-state index in [0.29, 0.717) is 16.7 Å². The Balaban J connectivity index is 1.75. The van der Waals surface area contributed by atoms with Gasteiger partial charge in [0.25, 0.3) is 0 Å². The van der Waals surface area contributed by atoms with Gasteiger partial charge < -0.3 is 9.88 Å². The number of halogens is 1. The third kappa shape index (κ3) is 4.70. The minimum Gasteiger partial charge on any atom is -0.325 e. The van der Waals surface area contributed by atoms with Gasteiger partial charge in [-0.15, -0.1) is 10.2 Å². The van der Waals surface area contributed by atoms with Gasteiger partial charge in [-0.25, -0.2) is 0 Å². The van der Waals surface area contributed by atoms with Gasteiger partial charge in [0.1, 0.15) is 0 Å². The van der Waals surface area contributed by atoms with Crippen LogP contribution in [-0.2, 0) is 11.3 Å². The van der Waals surface area contributed by atoms with E-state index in [4.69, 9.17) is 11.6 Å². The van der Waals surface area contributed by atoms with Crippen LogP contribution in [-0.4, -0.2) is 25.9 Å². The van der Waals surface area contributed by atoms with Gasteiger partial charge in [0, 0.05) is 22.8 Å². The van der Waals surface area contributed by atoms with Gasteiger partial charge in [-0.1, -0.05) is 35.5 Å². The lowest BCUT2D eigenvalue weighted by atomic mass is 10.2. The van der Waals surface area contributed by atoms with E-state index in [-0.39, 0.29) is 11.2 Å². The number of nitrogens with zero attached hydrogens (tertiary/aromatic N) is 3. The first-order chi connectivity index (χ1) is 13.0. The van der Waals surface area contributed by atoms with Crippen LogP contribution >= 0.6 is 23.4 Å². The minimum absolute atomic E-state index is 0.0655. The molecule has 0 bridgehead atoms. The molecule has 3 rings (SSSR count). The summed E-state index contributed by atoms with van der Waals surface area (Å²) in [6.07, 6.45) is 0. The monoisotopic (exact) mass is 400 g/mol. The van der Waals surface area contributed by atoms with Crippen LogP contribution in [0.4, 0.5) is 5.69 Å². The predicted octanol–water partition coefficient (Wildman–Crippen LogP) is 5.05. The number of rotatable bonds is 6. The number of nitrogens with one attached hydrogen (secondary N) is 1. The van der Waals surface area contributed by atoms with Crippen LogP contribution in [0.5, 0.6) is 0 Å². The van der Waals surface area contributed by atoms with Crippen molar-refractivity contribution in [2.45, 2.75) is 37.7 Å². The Morgan fingerprint density at radius 3 is 2.63 bits per heavy atom. The van der Waals surface area contributed by atoms with E-state index in [1.54, 1.807) is 0 Å². The minimum atomic E-state index is -0.307. The molecule has 1 amide bonds. The quantitative estimate of drug-likeness (QED) is 0.588. The summed E-state index contributed by atoms with van der Waals surface area (Å²) in [6.45, 7) is 6.60. The van der Waals surface area contributed by atoms with Crippen molar-refractivity contribution in [3.05, 3.63) is 59.1 Å². The van der Waals surface area contributed by atoms with Crippen LogP contribution in [0, 0.1) is 6.92 Å².